The van der Waals surface area contributed by atoms with Crippen LogP contribution in [0.15, 0.2) is 24.3 Å². The number of pyridine rings is 1. The molecule has 0 saturated carbocycles. The van der Waals surface area contributed by atoms with Crippen LogP contribution in [0.4, 0.5) is 5.69 Å². The molecule has 6 heteroatoms. The van der Waals surface area contributed by atoms with E-state index in [0.29, 0.717) is 23.8 Å². The molecule has 1 aliphatic carbocycles. The summed E-state index contributed by atoms with van der Waals surface area (Å²) in [5, 5.41) is 0.867. The summed E-state index contributed by atoms with van der Waals surface area (Å²) in [7, 11) is 0. The van der Waals surface area contributed by atoms with Gasteiger partial charge in [0.05, 0.1) is 18.9 Å². The van der Waals surface area contributed by atoms with E-state index in [-0.39, 0.29) is 5.97 Å². The van der Waals surface area contributed by atoms with E-state index in [1.54, 1.807) is 6.92 Å². The highest BCUT2D eigenvalue weighted by Crippen LogP contribution is 2.44. The molecule has 0 spiro atoms. The molecule has 0 atom stereocenters. The number of nitrogen functional groups attached to an aromatic ring is 1. The summed E-state index contributed by atoms with van der Waals surface area (Å²) >= 11 is 1.33. The number of benzene rings is 1. The quantitative estimate of drug-likeness (QED) is 0.552. The standard InChI is InChI=1S/C23H26N2O3S/c1-3-12-28-15-9-7-8-14(13-15)18-16-10-5-6-11-17(16)25-22-19(18)20(24)21(29-22)23(26)27-4-2/h7-9,13H,3-6,10-12,24H2,1-2H3. The average Bonchev–Trinajstić information content (AvgIpc) is 3.07. The van der Waals surface area contributed by atoms with Gasteiger partial charge in [0.25, 0.3) is 0 Å². The van der Waals surface area contributed by atoms with E-state index in [9.17, 15) is 4.79 Å². The molecular weight excluding hydrogens is 384 g/mol. The summed E-state index contributed by atoms with van der Waals surface area (Å²) in [4.78, 5) is 18.6. The minimum atomic E-state index is -0.378. The number of nitrogens with two attached hydrogens (primary N) is 1. The lowest BCUT2D eigenvalue weighted by molar-refractivity contribution is 0.0533. The first-order valence-electron chi connectivity index (χ1n) is 10.3. The smallest absolute Gasteiger partial charge is 0.350 e. The molecule has 0 fully saturated rings. The Hall–Kier alpha value is -2.60. The topological polar surface area (TPSA) is 74.4 Å². The predicted octanol–water partition coefficient (Wildman–Crippen LogP) is 5.39. The molecule has 0 saturated heterocycles. The molecule has 2 aromatic heterocycles. The lowest BCUT2D eigenvalue weighted by atomic mass is 9.87. The lowest BCUT2D eigenvalue weighted by Crippen LogP contribution is -2.08. The molecule has 2 heterocycles. The fraction of sp³-hybridized carbons (Fsp3) is 0.391. The highest BCUT2D eigenvalue weighted by molar-refractivity contribution is 7.21. The maximum Gasteiger partial charge on any atom is 0.350 e. The van der Waals surface area contributed by atoms with Gasteiger partial charge in [-0.15, -0.1) is 11.3 Å². The van der Waals surface area contributed by atoms with Gasteiger partial charge in [0.15, 0.2) is 0 Å². The molecule has 1 aliphatic rings. The zero-order valence-corrected chi connectivity index (χ0v) is 17.7. The number of anilines is 1. The van der Waals surface area contributed by atoms with Crippen LogP contribution in [0.1, 0.15) is 54.0 Å². The highest BCUT2D eigenvalue weighted by atomic mass is 32.1. The number of esters is 1. The summed E-state index contributed by atoms with van der Waals surface area (Å²) in [5.74, 6) is 0.468. The van der Waals surface area contributed by atoms with Crippen molar-refractivity contribution in [3.05, 3.63) is 40.4 Å². The number of aryl methyl sites for hydroxylation is 1. The Morgan fingerprint density at radius 1 is 1.24 bits per heavy atom. The van der Waals surface area contributed by atoms with Gasteiger partial charge in [0.1, 0.15) is 15.5 Å². The molecule has 4 rings (SSSR count). The van der Waals surface area contributed by atoms with Gasteiger partial charge < -0.3 is 15.2 Å². The molecule has 0 aliphatic heterocycles. The van der Waals surface area contributed by atoms with Crippen LogP contribution in [-0.2, 0) is 17.6 Å². The van der Waals surface area contributed by atoms with Crippen LogP contribution in [0, 0.1) is 0 Å². The summed E-state index contributed by atoms with van der Waals surface area (Å²) in [5.41, 5.74) is 11.5. The van der Waals surface area contributed by atoms with Crippen molar-refractivity contribution < 1.29 is 14.3 Å². The molecule has 152 valence electrons. The predicted molar refractivity (Wildman–Crippen MR) is 118 cm³/mol. The Labute approximate surface area is 174 Å². The van der Waals surface area contributed by atoms with Crippen LogP contribution in [0.5, 0.6) is 5.75 Å². The number of nitrogens with zero attached hydrogens (tertiary/aromatic N) is 1. The molecule has 0 unspecified atom stereocenters. The van der Waals surface area contributed by atoms with E-state index in [1.807, 2.05) is 12.1 Å². The number of carbonyl (C=O) groups excluding carboxylic acids is 1. The Balaban J connectivity index is 1.95. The van der Waals surface area contributed by atoms with Gasteiger partial charge in [0.2, 0.25) is 0 Å². The van der Waals surface area contributed by atoms with Crippen LogP contribution in [0.2, 0.25) is 0 Å². The van der Waals surface area contributed by atoms with E-state index in [1.165, 1.54) is 16.9 Å². The van der Waals surface area contributed by atoms with Crippen LogP contribution in [0.25, 0.3) is 21.3 Å². The Morgan fingerprint density at radius 2 is 2.07 bits per heavy atom. The molecule has 29 heavy (non-hydrogen) atoms. The van der Waals surface area contributed by atoms with Crippen LogP contribution in [-0.4, -0.2) is 24.2 Å². The van der Waals surface area contributed by atoms with E-state index in [2.05, 4.69) is 19.1 Å². The van der Waals surface area contributed by atoms with Crippen molar-refractivity contribution in [1.82, 2.24) is 4.98 Å². The second kappa shape index (κ2) is 8.41. The zero-order chi connectivity index (χ0) is 20.4. The van der Waals surface area contributed by atoms with Crippen LogP contribution >= 0.6 is 11.3 Å². The highest BCUT2D eigenvalue weighted by Gasteiger charge is 2.26. The molecule has 0 radical (unpaired) electrons. The van der Waals surface area contributed by atoms with Crippen molar-refractivity contribution in [3.63, 3.8) is 0 Å². The van der Waals surface area contributed by atoms with Crippen molar-refractivity contribution >= 4 is 33.2 Å². The summed E-state index contributed by atoms with van der Waals surface area (Å²) < 4.78 is 11.1. The van der Waals surface area contributed by atoms with E-state index < -0.39 is 0 Å². The molecule has 3 aromatic rings. The summed E-state index contributed by atoms with van der Waals surface area (Å²) in [6, 6.07) is 8.14. The number of hydrogen-bond donors (Lipinski definition) is 1. The number of rotatable bonds is 6. The normalized spacial score (nSPS) is 13.3. The Morgan fingerprint density at radius 3 is 2.86 bits per heavy atom. The fourth-order valence-electron chi connectivity index (χ4n) is 3.94. The SMILES string of the molecule is CCCOc1cccc(-c2c3c(nc4sc(C(=O)OCC)c(N)c24)CCCC3)c1. The Kier molecular flexibility index (Phi) is 5.72. The van der Waals surface area contributed by atoms with Crippen LogP contribution in [0.3, 0.4) is 0 Å². The maximum atomic E-state index is 12.4. The average molecular weight is 411 g/mol. The van der Waals surface area contributed by atoms with Gasteiger partial charge in [-0.2, -0.15) is 0 Å². The number of thiophene rings is 1. The minimum Gasteiger partial charge on any atom is -0.494 e. The van der Waals surface area contributed by atoms with E-state index >= 15 is 0 Å². The molecule has 0 amide bonds. The first kappa shape index (κ1) is 19.7. The van der Waals surface area contributed by atoms with Crippen LogP contribution < -0.4 is 10.5 Å². The molecule has 0 bridgehead atoms. The van der Waals surface area contributed by atoms with E-state index in [0.717, 1.165) is 64.9 Å². The third-order valence-corrected chi connectivity index (χ3v) is 6.29. The Bertz CT molecular complexity index is 1060. The van der Waals surface area contributed by atoms with Gasteiger partial charge in [0, 0.05) is 11.1 Å². The first-order valence-corrected chi connectivity index (χ1v) is 11.1. The van der Waals surface area contributed by atoms with Crippen molar-refractivity contribution in [2.75, 3.05) is 18.9 Å². The zero-order valence-electron chi connectivity index (χ0n) is 16.9. The number of aromatic nitrogens is 1. The minimum absolute atomic E-state index is 0.320. The van der Waals surface area contributed by atoms with Gasteiger partial charge >= 0.3 is 5.97 Å². The lowest BCUT2D eigenvalue weighted by Gasteiger charge is -2.20. The largest absolute Gasteiger partial charge is 0.494 e. The monoisotopic (exact) mass is 410 g/mol. The van der Waals surface area contributed by atoms with Crippen molar-refractivity contribution in [3.8, 4) is 16.9 Å². The van der Waals surface area contributed by atoms with Gasteiger partial charge in [-0.3, -0.25) is 0 Å². The molecule has 1 aromatic carbocycles. The summed E-state index contributed by atoms with van der Waals surface area (Å²) in [6.45, 7) is 4.89. The van der Waals surface area contributed by atoms with Gasteiger partial charge in [-0.05, 0) is 67.9 Å². The fourth-order valence-corrected chi connectivity index (χ4v) is 4.95. The maximum absolute atomic E-state index is 12.4. The van der Waals surface area contributed by atoms with Crippen molar-refractivity contribution in [2.45, 2.75) is 46.0 Å². The third kappa shape index (κ3) is 3.69. The first-order chi connectivity index (χ1) is 14.1. The number of fused-ring (bicyclic) bond motifs is 2. The molecule has 5 nitrogen and oxygen atoms in total. The number of ether oxygens (including phenoxy) is 2. The second-order valence-corrected chi connectivity index (χ2v) is 8.24. The molecular formula is C23H26N2O3S. The van der Waals surface area contributed by atoms with Crippen molar-refractivity contribution in [2.24, 2.45) is 0 Å². The van der Waals surface area contributed by atoms with E-state index in [4.69, 9.17) is 20.2 Å². The number of carbonyl (C=O) groups is 1. The second-order valence-electron chi connectivity index (χ2n) is 7.24. The molecule has 2 N–H and O–H groups in total. The summed E-state index contributed by atoms with van der Waals surface area (Å²) in [6.07, 6.45) is 5.15. The third-order valence-electron chi connectivity index (χ3n) is 5.21. The van der Waals surface area contributed by atoms with Gasteiger partial charge in [-0.1, -0.05) is 19.1 Å². The van der Waals surface area contributed by atoms with Crippen molar-refractivity contribution in [1.29, 1.82) is 0 Å². The van der Waals surface area contributed by atoms with Gasteiger partial charge in [-0.25, -0.2) is 9.78 Å². The number of hydrogen-bond acceptors (Lipinski definition) is 6.